The minimum Gasteiger partial charge on any atom is -0.493 e. The first-order valence-electron chi connectivity index (χ1n) is 13.8. The third-order valence-corrected chi connectivity index (χ3v) is 8.78. The SMILES string of the molecule is COc1cc(CO)cc2c1O[C@@H]1[C@@H](O)[C@H](N(Cc3ccc(Cl)cc3Cl)C(=O)C3CCCC3)C=C(C(=O)NCCO)[C@H]21. The first-order valence-corrected chi connectivity index (χ1v) is 14.5. The molecule has 0 bridgehead atoms. The lowest BCUT2D eigenvalue weighted by molar-refractivity contribution is -0.142. The normalized spacial score (nSPS) is 23.3. The fourth-order valence-electron chi connectivity index (χ4n) is 6.19. The van der Waals surface area contributed by atoms with Crippen LogP contribution in [0.5, 0.6) is 11.5 Å². The molecule has 4 atom stereocenters. The van der Waals surface area contributed by atoms with Gasteiger partial charge in [-0.2, -0.15) is 0 Å². The van der Waals surface area contributed by atoms with E-state index < -0.39 is 30.1 Å². The van der Waals surface area contributed by atoms with E-state index in [0.29, 0.717) is 43.8 Å². The number of ether oxygens (including phenoxy) is 2. The number of hydrogen-bond donors (Lipinski definition) is 4. The topological polar surface area (TPSA) is 129 Å². The number of carbonyl (C=O) groups is 2. The Hall–Kier alpha value is -2.82. The van der Waals surface area contributed by atoms with E-state index in [1.165, 1.54) is 7.11 Å². The summed E-state index contributed by atoms with van der Waals surface area (Å²) in [5.41, 5.74) is 2.10. The molecule has 0 spiro atoms. The Morgan fingerprint density at radius 2 is 1.90 bits per heavy atom. The number of benzene rings is 2. The van der Waals surface area contributed by atoms with Gasteiger partial charge in [0.1, 0.15) is 12.2 Å². The average Bonchev–Trinajstić information content (AvgIpc) is 3.64. The van der Waals surface area contributed by atoms with E-state index in [0.717, 1.165) is 25.7 Å². The molecule has 0 saturated heterocycles. The fraction of sp³-hybridized carbons (Fsp3) is 0.467. The standard InChI is InChI=1S/C30H34Cl2N2O7/c1-40-24-11-16(15-36)10-20-25-21(29(38)33-8-9-35)13-23(26(37)28(25)41-27(20)24)34(30(39)17-4-2-3-5-17)14-18-6-7-19(31)12-22(18)32/h6-7,10-13,17,23,25-26,28,35-37H,2-5,8-9,14-15H2,1H3,(H,33,38)/t23-,25+,26+,28+/m1/s1. The van der Waals surface area contributed by atoms with E-state index >= 15 is 0 Å². The third-order valence-electron chi connectivity index (χ3n) is 8.20. The summed E-state index contributed by atoms with van der Waals surface area (Å²) < 4.78 is 11.8. The number of nitrogens with one attached hydrogen (secondary N) is 1. The fourth-order valence-corrected chi connectivity index (χ4v) is 6.66. The minimum atomic E-state index is -1.21. The zero-order chi connectivity index (χ0) is 29.3. The van der Waals surface area contributed by atoms with Crippen molar-refractivity contribution >= 4 is 35.0 Å². The highest BCUT2D eigenvalue weighted by Crippen LogP contribution is 2.51. The van der Waals surface area contributed by atoms with Crippen LogP contribution in [0.4, 0.5) is 0 Å². The maximum atomic E-state index is 14.0. The Morgan fingerprint density at radius 3 is 2.56 bits per heavy atom. The molecule has 2 amide bonds. The van der Waals surface area contributed by atoms with Crippen molar-refractivity contribution in [3.8, 4) is 11.5 Å². The molecule has 4 N–H and O–H groups in total. The summed E-state index contributed by atoms with van der Waals surface area (Å²) in [6.45, 7) is -0.388. The van der Waals surface area contributed by atoms with Crippen molar-refractivity contribution in [2.75, 3.05) is 20.3 Å². The molecular weight excluding hydrogens is 571 g/mol. The van der Waals surface area contributed by atoms with Gasteiger partial charge >= 0.3 is 0 Å². The lowest BCUT2D eigenvalue weighted by atomic mass is 9.77. The molecule has 0 unspecified atom stereocenters. The average molecular weight is 606 g/mol. The Balaban J connectivity index is 1.61. The van der Waals surface area contributed by atoms with Gasteiger partial charge < -0.3 is 35.0 Å². The molecule has 2 aromatic carbocycles. The highest BCUT2D eigenvalue weighted by Gasteiger charge is 2.52. The van der Waals surface area contributed by atoms with Crippen LogP contribution in [0.2, 0.25) is 10.0 Å². The molecule has 2 aliphatic carbocycles. The predicted molar refractivity (Wildman–Crippen MR) is 153 cm³/mol. The van der Waals surface area contributed by atoms with E-state index in [9.17, 15) is 24.9 Å². The maximum absolute atomic E-state index is 14.0. The zero-order valence-electron chi connectivity index (χ0n) is 22.7. The highest BCUT2D eigenvalue weighted by molar-refractivity contribution is 6.35. The molecule has 3 aliphatic rings. The van der Waals surface area contributed by atoms with Crippen LogP contribution in [0.3, 0.4) is 0 Å². The summed E-state index contributed by atoms with van der Waals surface area (Å²) in [6.07, 6.45) is 2.88. The quantitative estimate of drug-likeness (QED) is 0.345. The molecule has 0 radical (unpaired) electrons. The van der Waals surface area contributed by atoms with Crippen LogP contribution in [-0.4, -0.2) is 70.5 Å². The van der Waals surface area contributed by atoms with Crippen LogP contribution in [-0.2, 0) is 22.7 Å². The van der Waals surface area contributed by atoms with Gasteiger partial charge in [0.25, 0.3) is 0 Å². The first-order chi connectivity index (χ1) is 19.8. The maximum Gasteiger partial charge on any atom is 0.247 e. The molecule has 1 aliphatic heterocycles. The smallest absolute Gasteiger partial charge is 0.247 e. The molecule has 1 fully saturated rings. The zero-order valence-corrected chi connectivity index (χ0v) is 24.2. The summed E-state index contributed by atoms with van der Waals surface area (Å²) in [7, 11) is 1.48. The lowest BCUT2D eigenvalue weighted by Crippen LogP contribution is -2.56. The van der Waals surface area contributed by atoms with Gasteiger partial charge in [-0.05, 0) is 54.3 Å². The number of halogens is 2. The Bertz CT molecular complexity index is 1340. The Kier molecular flexibility index (Phi) is 9.11. The van der Waals surface area contributed by atoms with E-state index in [2.05, 4.69) is 5.32 Å². The molecule has 0 aromatic heterocycles. The van der Waals surface area contributed by atoms with Crippen molar-refractivity contribution in [1.82, 2.24) is 10.2 Å². The van der Waals surface area contributed by atoms with E-state index in [4.69, 9.17) is 32.7 Å². The number of hydrogen-bond acceptors (Lipinski definition) is 7. The second-order valence-electron chi connectivity index (χ2n) is 10.7. The number of carbonyl (C=O) groups excluding carboxylic acids is 2. The second-order valence-corrected chi connectivity index (χ2v) is 11.5. The molecule has 11 heteroatoms. The monoisotopic (exact) mass is 604 g/mol. The van der Waals surface area contributed by atoms with Crippen molar-refractivity contribution in [2.24, 2.45) is 5.92 Å². The number of aliphatic hydroxyl groups excluding tert-OH is 3. The van der Waals surface area contributed by atoms with Crippen LogP contribution in [0, 0.1) is 5.92 Å². The number of methoxy groups -OCH3 is 1. The first kappa shape index (κ1) is 29.7. The molecular formula is C30H34Cl2N2O7. The molecule has 41 heavy (non-hydrogen) atoms. The van der Waals surface area contributed by atoms with Gasteiger partial charge in [-0.15, -0.1) is 0 Å². The number of fused-ring (bicyclic) bond motifs is 3. The highest BCUT2D eigenvalue weighted by atomic mass is 35.5. The summed E-state index contributed by atoms with van der Waals surface area (Å²) in [4.78, 5) is 29.1. The van der Waals surface area contributed by atoms with Gasteiger partial charge in [0.05, 0.1) is 32.3 Å². The second kappa shape index (κ2) is 12.6. The summed E-state index contributed by atoms with van der Waals surface area (Å²) in [6, 6.07) is 7.52. The minimum absolute atomic E-state index is 0.0274. The van der Waals surface area contributed by atoms with Crippen molar-refractivity contribution in [3.05, 3.63) is 68.7 Å². The largest absolute Gasteiger partial charge is 0.493 e. The van der Waals surface area contributed by atoms with Crippen LogP contribution in [0.15, 0.2) is 42.0 Å². The van der Waals surface area contributed by atoms with Crippen molar-refractivity contribution in [2.45, 2.75) is 63.0 Å². The van der Waals surface area contributed by atoms with Gasteiger partial charge in [0, 0.05) is 40.2 Å². The van der Waals surface area contributed by atoms with Crippen molar-refractivity contribution in [1.29, 1.82) is 0 Å². The third kappa shape index (κ3) is 5.79. The number of aliphatic hydroxyl groups is 3. The van der Waals surface area contributed by atoms with Gasteiger partial charge in [0.2, 0.25) is 11.8 Å². The molecule has 9 nitrogen and oxygen atoms in total. The molecule has 5 rings (SSSR count). The van der Waals surface area contributed by atoms with Gasteiger partial charge in [-0.25, -0.2) is 0 Å². The molecule has 2 aromatic rings. The molecule has 1 saturated carbocycles. The van der Waals surface area contributed by atoms with E-state index in [-0.39, 0.29) is 38.1 Å². The summed E-state index contributed by atoms with van der Waals surface area (Å²) in [5, 5.41) is 34.6. The van der Waals surface area contributed by atoms with E-state index in [1.54, 1.807) is 41.3 Å². The van der Waals surface area contributed by atoms with Crippen LogP contribution in [0.25, 0.3) is 0 Å². The van der Waals surface area contributed by atoms with E-state index in [1.807, 2.05) is 0 Å². The van der Waals surface area contributed by atoms with Crippen LogP contribution in [0.1, 0.15) is 48.3 Å². The van der Waals surface area contributed by atoms with Gasteiger partial charge in [-0.3, -0.25) is 9.59 Å². The predicted octanol–water partition coefficient (Wildman–Crippen LogP) is 3.34. The van der Waals surface area contributed by atoms with Gasteiger partial charge in [-0.1, -0.05) is 42.1 Å². The molecule has 1 heterocycles. The summed E-state index contributed by atoms with van der Waals surface area (Å²) in [5.74, 6) is -0.745. The summed E-state index contributed by atoms with van der Waals surface area (Å²) >= 11 is 12.6. The van der Waals surface area contributed by atoms with Crippen LogP contribution >= 0.6 is 23.2 Å². The van der Waals surface area contributed by atoms with Crippen LogP contribution < -0.4 is 14.8 Å². The molecule has 220 valence electrons. The Morgan fingerprint density at radius 1 is 1.15 bits per heavy atom. The van der Waals surface area contributed by atoms with Crippen molar-refractivity contribution in [3.63, 3.8) is 0 Å². The number of amides is 2. The number of rotatable bonds is 9. The number of nitrogens with zero attached hydrogens (tertiary/aromatic N) is 1. The van der Waals surface area contributed by atoms with Crippen molar-refractivity contribution < 1.29 is 34.4 Å². The Labute approximate surface area is 248 Å². The van der Waals surface area contributed by atoms with Gasteiger partial charge in [0.15, 0.2) is 11.5 Å². The lowest BCUT2D eigenvalue weighted by Gasteiger charge is -2.41.